The molecule has 77 heavy (non-hydrogen) atoms. The zero-order chi connectivity index (χ0) is 55.5. The van der Waals surface area contributed by atoms with E-state index in [4.69, 9.17) is 56.8 Å². The van der Waals surface area contributed by atoms with Crippen molar-refractivity contribution in [1.82, 2.24) is 0 Å². The van der Waals surface area contributed by atoms with Crippen molar-refractivity contribution in [2.75, 3.05) is 19.8 Å². The number of carbonyl (C=O) groups excluding carboxylic acids is 2. The third kappa shape index (κ3) is 9.87. The molecule has 24 heteroatoms. The Bertz CT molecular complexity index is 2200. The summed E-state index contributed by atoms with van der Waals surface area (Å²) < 4.78 is 74.4. The Morgan fingerprint density at radius 3 is 2.03 bits per heavy atom. The second-order valence-electron chi connectivity index (χ2n) is 24.0. The molecule has 9 fully saturated rings. The first-order valence-electron chi connectivity index (χ1n) is 27.3. The molecular weight excluding hydrogens is 1020 g/mol. The molecule has 0 amide bonds. The van der Waals surface area contributed by atoms with Crippen molar-refractivity contribution in [3.05, 3.63) is 23.8 Å². The second-order valence-corrected chi connectivity index (χ2v) is 24.0. The Balaban J connectivity index is 0.918. The highest BCUT2D eigenvalue weighted by atomic mass is 16.8. The van der Waals surface area contributed by atoms with Gasteiger partial charge >= 0.3 is 11.9 Å². The average Bonchev–Trinajstić information content (AvgIpc) is 4.03. The maximum Gasteiger partial charge on any atom is 0.303 e. The number of esters is 2. The lowest BCUT2D eigenvalue weighted by Crippen LogP contribution is -2.66. The van der Waals surface area contributed by atoms with Gasteiger partial charge in [-0.1, -0.05) is 39.0 Å². The first kappa shape index (κ1) is 57.8. The van der Waals surface area contributed by atoms with Crippen molar-refractivity contribution in [1.29, 1.82) is 0 Å². The van der Waals surface area contributed by atoms with Gasteiger partial charge in [0.05, 0.1) is 50.3 Å². The number of allylic oxidation sites excluding steroid dienone is 1. The Labute approximate surface area is 446 Å². The van der Waals surface area contributed by atoms with Gasteiger partial charge in [-0.3, -0.25) is 9.59 Å². The standard InChI is InChI=1S/C53H80O24/c1-19-16-68-53(46(65)41(19)74-48-40(64)38(62)35(59)21(3)69-48)20(2)34-32(77-53)15-29-27-10-9-25-13-26(56)14-33(52(25,8)28(27)11-12-51(29,34)7)73-49-44(42(31(58)18-67-49)75-47-39(63)37(61)30(57)17-66-47)76-50-45(72-24(6)55)43(71-23(5)54)36(60)22(4)70-50/h9,20-22,26-50,56-65H,1,10-18H2,2-8H3/t20-,21+,22-,26+,27+,28-,29-,30+,31-,32-,33+,34-,35-,36-,37-,38-,39+,40+,41-,42-,43+,44+,45+,46-,47-,48-,49-,50-,51-,52-,53-/m0/s1. The van der Waals surface area contributed by atoms with Crippen molar-refractivity contribution in [3.63, 3.8) is 0 Å². The average molecular weight is 1100 g/mol. The lowest BCUT2D eigenvalue weighted by Gasteiger charge is -2.60. The maximum atomic E-state index is 12.6. The van der Waals surface area contributed by atoms with Crippen LogP contribution in [-0.4, -0.2) is 230 Å². The summed E-state index contributed by atoms with van der Waals surface area (Å²) in [5.74, 6) is -3.35. The molecule has 10 rings (SSSR count). The quantitative estimate of drug-likeness (QED) is 0.0863. The zero-order valence-corrected chi connectivity index (χ0v) is 44.5. The van der Waals surface area contributed by atoms with Crippen molar-refractivity contribution in [2.45, 2.75) is 234 Å². The summed E-state index contributed by atoms with van der Waals surface area (Å²) in [6.07, 6.45) is -25.4. The number of hydrogen-bond acceptors (Lipinski definition) is 24. The predicted molar refractivity (Wildman–Crippen MR) is 257 cm³/mol. The van der Waals surface area contributed by atoms with Gasteiger partial charge in [0.1, 0.15) is 73.2 Å². The number of fused-ring (bicyclic) bond motifs is 7. The summed E-state index contributed by atoms with van der Waals surface area (Å²) >= 11 is 0. The van der Waals surface area contributed by atoms with Crippen LogP contribution in [0.4, 0.5) is 0 Å². The van der Waals surface area contributed by atoms with Gasteiger partial charge in [-0.25, -0.2) is 0 Å². The minimum atomic E-state index is -1.79. The van der Waals surface area contributed by atoms with E-state index in [2.05, 4.69) is 26.5 Å². The fraction of sp³-hybridized carbons (Fsp3) is 0.887. The molecule has 10 aliphatic rings. The van der Waals surface area contributed by atoms with Crippen LogP contribution in [0.25, 0.3) is 0 Å². The highest BCUT2D eigenvalue weighted by Crippen LogP contribution is 2.71. The van der Waals surface area contributed by atoms with Crippen LogP contribution in [0.2, 0.25) is 0 Å². The van der Waals surface area contributed by atoms with Gasteiger partial charge in [0, 0.05) is 31.6 Å². The Hall–Kier alpha value is -2.38. The van der Waals surface area contributed by atoms with E-state index in [1.54, 1.807) is 6.92 Å². The van der Waals surface area contributed by atoms with E-state index in [9.17, 15) is 60.7 Å². The monoisotopic (exact) mass is 1100 g/mol. The molecular formula is C53H80O24. The smallest absolute Gasteiger partial charge is 0.303 e. The molecule has 4 aliphatic carbocycles. The van der Waals surface area contributed by atoms with Gasteiger partial charge in [0.15, 0.2) is 37.4 Å². The minimum Gasteiger partial charge on any atom is -0.455 e. The Kier molecular flexibility index (Phi) is 16.3. The summed E-state index contributed by atoms with van der Waals surface area (Å²) in [6, 6.07) is 0. The zero-order valence-electron chi connectivity index (χ0n) is 44.5. The van der Waals surface area contributed by atoms with Crippen molar-refractivity contribution in [3.8, 4) is 0 Å². The normalized spacial score (nSPS) is 54.6. The fourth-order valence-corrected chi connectivity index (χ4v) is 15.6. The van der Waals surface area contributed by atoms with Crippen LogP contribution in [0.5, 0.6) is 0 Å². The van der Waals surface area contributed by atoms with E-state index in [-0.39, 0.29) is 54.1 Å². The molecule has 6 saturated heterocycles. The highest BCUT2D eigenvalue weighted by molar-refractivity contribution is 5.67. The maximum absolute atomic E-state index is 12.6. The lowest BCUT2D eigenvalue weighted by atomic mass is 9.46. The fourth-order valence-electron chi connectivity index (χ4n) is 15.6. The van der Waals surface area contributed by atoms with E-state index < -0.39 is 171 Å². The van der Waals surface area contributed by atoms with E-state index in [0.29, 0.717) is 24.8 Å². The van der Waals surface area contributed by atoms with Crippen LogP contribution in [0.3, 0.4) is 0 Å². The van der Waals surface area contributed by atoms with Crippen LogP contribution in [0.1, 0.15) is 87.0 Å². The van der Waals surface area contributed by atoms with Gasteiger partial charge in [0.25, 0.3) is 0 Å². The molecule has 0 bridgehead atoms. The molecule has 0 aromatic rings. The van der Waals surface area contributed by atoms with Gasteiger partial charge in [-0.05, 0) is 80.6 Å². The van der Waals surface area contributed by atoms with Crippen LogP contribution in [-0.2, 0) is 66.4 Å². The van der Waals surface area contributed by atoms with E-state index in [1.165, 1.54) is 6.92 Å². The molecule has 0 aromatic heterocycles. The molecule has 6 aliphatic heterocycles. The minimum absolute atomic E-state index is 0.00174. The summed E-state index contributed by atoms with van der Waals surface area (Å²) in [5.41, 5.74) is 0.369. The van der Waals surface area contributed by atoms with Crippen LogP contribution in [0.15, 0.2) is 23.8 Å². The first-order chi connectivity index (χ1) is 36.3. The Morgan fingerprint density at radius 1 is 0.675 bits per heavy atom. The number of carbonyl (C=O) groups is 2. The van der Waals surface area contributed by atoms with Gasteiger partial charge in [0.2, 0.25) is 5.79 Å². The summed E-state index contributed by atoms with van der Waals surface area (Å²) in [7, 11) is 0. The Morgan fingerprint density at radius 2 is 1.31 bits per heavy atom. The van der Waals surface area contributed by atoms with Gasteiger partial charge in [-0.15, -0.1) is 0 Å². The molecule has 10 N–H and O–H groups in total. The summed E-state index contributed by atoms with van der Waals surface area (Å²) in [5, 5.41) is 110. The molecule has 436 valence electrons. The second kappa shape index (κ2) is 21.7. The molecule has 31 atom stereocenters. The predicted octanol–water partition coefficient (Wildman–Crippen LogP) is -1.68. The van der Waals surface area contributed by atoms with Crippen molar-refractivity contribution >= 4 is 11.9 Å². The molecule has 3 saturated carbocycles. The molecule has 6 heterocycles. The number of aliphatic hydroxyl groups excluding tert-OH is 10. The summed E-state index contributed by atoms with van der Waals surface area (Å²) in [4.78, 5) is 25.0. The van der Waals surface area contributed by atoms with E-state index in [1.807, 2.05) is 6.92 Å². The molecule has 0 unspecified atom stereocenters. The first-order valence-corrected chi connectivity index (χ1v) is 27.3. The van der Waals surface area contributed by atoms with Crippen LogP contribution >= 0.6 is 0 Å². The number of ether oxygens (including phenoxy) is 12. The molecule has 1 spiro atoms. The third-order valence-corrected chi connectivity index (χ3v) is 19.5. The SMILES string of the molecule is C=C1CO[C@@]2(O[C@H]3C[C@H]4[C@@H]5CC=C6C[C@@H](O)C[C@@H](O[C@@H]7OC[C@H](O)[C@H](O[C@@H]8OC[C@@H](O)[C@H](O)[C@H]8O)[C@H]7O[C@@H]7O[C@@H](C)[C@H](O)[C@@H](OC(C)=O)[C@H]7OC(C)=O)[C@]6(C)[C@H]5CC[C@]4(C)[C@H]3[C@@H]2C)[C@@H](O)[C@H]1O[C@@H]1O[C@H](C)[C@H](O)[C@H](O)[C@H]1O. The van der Waals surface area contributed by atoms with Gasteiger partial charge < -0.3 is 108 Å². The van der Waals surface area contributed by atoms with Gasteiger partial charge in [-0.2, -0.15) is 0 Å². The van der Waals surface area contributed by atoms with Crippen LogP contribution < -0.4 is 0 Å². The number of hydrogen-bond donors (Lipinski definition) is 10. The van der Waals surface area contributed by atoms with E-state index >= 15 is 0 Å². The van der Waals surface area contributed by atoms with Crippen molar-refractivity contribution in [2.24, 2.45) is 40.4 Å². The third-order valence-electron chi connectivity index (χ3n) is 19.5. The van der Waals surface area contributed by atoms with Crippen LogP contribution in [0, 0.1) is 40.4 Å². The molecule has 24 nitrogen and oxygen atoms in total. The largest absolute Gasteiger partial charge is 0.455 e. The topological polar surface area (TPSA) is 347 Å². The molecule has 0 radical (unpaired) electrons. The lowest BCUT2D eigenvalue weighted by molar-refractivity contribution is -0.382. The molecule has 0 aromatic carbocycles. The highest BCUT2D eigenvalue weighted by Gasteiger charge is 2.72. The van der Waals surface area contributed by atoms with E-state index in [0.717, 1.165) is 32.3 Å². The van der Waals surface area contributed by atoms with Crippen molar-refractivity contribution < 1.29 is 117 Å². The number of rotatable bonds is 10. The summed E-state index contributed by atoms with van der Waals surface area (Å²) in [6.45, 7) is 15.0. The number of aliphatic hydroxyl groups is 10.